The number of amides is 1. The van der Waals surface area contributed by atoms with Crippen LogP contribution >= 0.6 is 0 Å². The first kappa shape index (κ1) is 17.3. The quantitative estimate of drug-likeness (QED) is 0.757. The first-order chi connectivity index (χ1) is 10.2. The largest absolute Gasteiger partial charge is 0.352 e. The second-order valence-electron chi connectivity index (χ2n) is 5.21. The molecule has 0 spiro atoms. The Hall–Kier alpha value is -1.79. The summed E-state index contributed by atoms with van der Waals surface area (Å²) in [6.07, 6.45) is 4.72. The molecule has 3 nitrogen and oxygen atoms in total. The Kier molecular flexibility index (Phi) is 8.23. The molecule has 0 aliphatic rings. The molecule has 1 amide bonds. The van der Waals surface area contributed by atoms with Crippen LogP contribution in [0.2, 0.25) is 0 Å². The third-order valence-electron chi connectivity index (χ3n) is 3.58. The van der Waals surface area contributed by atoms with E-state index in [1.54, 1.807) is 0 Å². The first-order valence-electron chi connectivity index (χ1n) is 7.78. The minimum atomic E-state index is -0.0108. The zero-order valence-corrected chi connectivity index (χ0v) is 13.1. The standard InChI is InChI=1S/C18H26N2O/c1-3-5-7-15(4-2)14-20-18(21)17-11-9-16(10-12-17)8-6-13-19/h9-12,15H,3-5,7,13-14,19H2,1-2H3,(H,20,21). The predicted molar refractivity (Wildman–Crippen MR) is 88.0 cm³/mol. The summed E-state index contributed by atoms with van der Waals surface area (Å²) in [5, 5.41) is 3.03. The lowest BCUT2D eigenvalue weighted by atomic mass is 9.99. The van der Waals surface area contributed by atoms with E-state index in [1.165, 1.54) is 19.3 Å². The summed E-state index contributed by atoms with van der Waals surface area (Å²) in [6, 6.07) is 7.32. The van der Waals surface area contributed by atoms with E-state index >= 15 is 0 Å². The number of benzene rings is 1. The highest BCUT2D eigenvalue weighted by Gasteiger charge is 2.09. The molecular weight excluding hydrogens is 260 g/mol. The van der Waals surface area contributed by atoms with Crippen LogP contribution in [0.3, 0.4) is 0 Å². The van der Waals surface area contributed by atoms with Crippen LogP contribution in [-0.2, 0) is 0 Å². The van der Waals surface area contributed by atoms with Gasteiger partial charge in [-0.3, -0.25) is 4.79 Å². The summed E-state index contributed by atoms with van der Waals surface area (Å²) >= 11 is 0. The van der Waals surface area contributed by atoms with Crippen LogP contribution in [-0.4, -0.2) is 19.0 Å². The highest BCUT2D eigenvalue weighted by Crippen LogP contribution is 2.11. The minimum absolute atomic E-state index is 0.0108. The van der Waals surface area contributed by atoms with E-state index in [0.717, 1.165) is 18.5 Å². The van der Waals surface area contributed by atoms with Gasteiger partial charge in [-0.25, -0.2) is 0 Å². The molecule has 0 fully saturated rings. The maximum Gasteiger partial charge on any atom is 0.251 e. The second kappa shape index (κ2) is 10.0. The summed E-state index contributed by atoms with van der Waals surface area (Å²) in [7, 11) is 0. The van der Waals surface area contributed by atoms with Crippen molar-refractivity contribution in [2.75, 3.05) is 13.1 Å². The van der Waals surface area contributed by atoms with E-state index in [-0.39, 0.29) is 5.91 Å². The average molecular weight is 286 g/mol. The number of nitrogens with one attached hydrogen (secondary N) is 1. The van der Waals surface area contributed by atoms with Gasteiger partial charge in [-0.2, -0.15) is 0 Å². The Morgan fingerprint density at radius 3 is 2.57 bits per heavy atom. The molecule has 1 rings (SSSR count). The Morgan fingerprint density at radius 2 is 2.00 bits per heavy atom. The molecule has 1 aromatic rings. The van der Waals surface area contributed by atoms with Crippen molar-refractivity contribution in [1.82, 2.24) is 5.32 Å². The molecule has 1 unspecified atom stereocenters. The van der Waals surface area contributed by atoms with E-state index in [0.29, 0.717) is 18.0 Å². The van der Waals surface area contributed by atoms with Crippen LogP contribution in [0.4, 0.5) is 0 Å². The summed E-state index contributed by atoms with van der Waals surface area (Å²) in [5.41, 5.74) is 6.89. The molecule has 0 aliphatic carbocycles. The molecule has 1 atom stereocenters. The zero-order valence-electron chi connectivity index (χ0n) is 13.1. The van der Waals surface area contributed by atoms with Gasteiger partial charge in [0.2, 0.25) is 0 Å². The van der Waals surface area contributed by atoms with Crippen molar-refractivity contribution in [3.05, 3.63) is 35.4 Å². The van der Waals surface area contributed by atoms with Gasteiger partial charge in [0.25, 0.3) is 5.91 Å². The lowest BCUT2D eigenvalue weighted by Gasteiger charge is -2.15. The molecule has 0 saturated heterocycles. The molecule has 3 heteroatoms. The molecule has 0 radical (unpaired) electrons. The zero-order chi connectivity index (χ0) is 15.5. The average Bonchev–Trinajstić information content (AvgIpc) is 2.53. The van der Waals surface area contributed by atoms with E-state index in [9.17, 15) is 4.79 Å². The lowest BCUT2D eigenvalue weighted by molar-refractivity contribution is 0.0946. The van der Waals surface area contributed by atoms with Crippen LogP contribution in [0.15, 0.2) is 24.3 Å². The number of unbranched alkanes of at least 4 members (excludes halogenated alkanes) is 1. The number of carbonyl (C=O) groups excluding carboxylic acids is 1. The van der Waals surface area contributed by atoms with Gasteiger partial charge in [-0.15, -0.1) is 0 Å². The number of hydrogen-bond acceptors (Lipinski definition) is 2. The number of carbonyl (C=O) groups is 1. The highest BCUT2D eigenvalue weighted by molar-refractivity contribution is 5.94. The van der Waals surface area contributed by atoms with Gasteiger partial charge >= 0.3 is 0 Å². The summed E-state index contributed by atoms with van der Waals surface area (Å²) in [6.45, 7) is 5.47. The molecule has 1 aromatic carbocycles. The fraction of sp³-hybridized carbons (Fsp3) is 0.500. The van der Waals surface area contributed by atoms with Crippen LogP contribution < -0.4 is 11.1 Å². The molecule has 0 aromatic heterocycles. The van der Waals surface area contributed by atoms with Crippen LogP contribution in [0.1, 0.15) is 55.5 Å². The van der Waals surface area contributed by atoms with Crippen molar-refractivity contribution in [3.63, 3.8) is 0 Å². The lowest BCUT2D eigenvalue weighted by Crippen LogP contribution is -2.29. The van der Waals surface area contributed by atoms with Crippen molar-refractivity contribution < 1.29 is 4.79 Å². The fourth-order valence-electron chi connectivity index (χ4n) is 2.14. The minimum Gasteiger partial charge on any atom is -0.352 e. The van der Waals surface area contributed by atoms with E-state index in [2.05, 4.69) is 31.0 Å². The van der Waals surface area contributed by atoms with Gasteiger partial charge in [0.1, 0.15) is 0 Å². The molecule has 0 bridgehead atoms. The second-order valence-corrected chi connectivity index (χ2v) is 5.21. The first-order valence-corrected chi connectivity index (χ1v) is 7.78. The van der Waals surface area contributed by atoms with Crippen molar-refractivity contribution in [3.8, 4) is 11.8 Å². The van der Waals surface area contributed by atoms with Crippen molar-refractivity contribution in [2.24, 2.45) is 11.7 Å². The summed E-state index contributed by atoms with van der Waals surface area (Å²) in [4.78, 5) is 12.1. The third kappa shape index (κ3) is 6.46. The molecule has 0 saturated carbocycles. The van der Waals surface area contributed by atoms with E-state index < -0.39 is 0 Å². The maximum absolute atomic E-state index is 12.1. The van der Waals surface area contributed by atoms with Gasteiger partial charge in [-0.05, 0) is 36.6 Å². The highest BCUT2D eigenvalue weighted by atomic mass is 16.1. The number of hydrogen-bond donors (Lipinski definition) is 2. The molecule has 114 valence electrons. The van der Waals surface area contributed by atoms with Gasteiger partial charge in [0.05, 0.1) is 6.54 Å². The number of nitrogens with two attached hydrogens (primary N) is 1. The number of rotatable bonds is 7. The topological polar surface area (TPSA) is 55.1 Å². The SMILES string of the molecule is CCCCC(CC)CNC(=O)c1ccc(C#CCN)cc1. The monoisotopic (exact) mass is 286 g/mol. The van der Waals surface area contributed by atoms with Crippen molar-refractivity contribution >= 4 is 5.91 Å². The molecule has 0 heterocycles. The maximum atomic E-state index is 12.1. The van der Waals surface area contributed by atoms with Gasteiger partial charge in [-0.1, -0.05) is 45.0 Å². The molecular formula is C18H26N2O. The molecule has 0 aliphatic heterocycles. The Labute approximate surface area is 128 Å². The van der Waals surface area contributed by atoms with Crippen LogP contribution in [0.25, 0.3) is 0 Å². The van der Waals surface area contributed by atoms with Gasteiger partial charge < -0.3 is 11.1 Å². The van der Waals surface area contributed by atoms with Gasteiger partial charge in [0.15, 0.2) is 0 Å². The Balaban J connectivity index is 2.51. The third-order valence-corrected chi connectivity index (χ3v) is 3.58. The van der Waals surface area contributed by atoms with Crippen LogP contribution in [0.5, 0.6) is 0 Å². The summed E-state index contributed by atoms with van der Waals surface area (Å²) < 4.78 is 0. The fourth-order valence-corrected chi connectivity index (χ4v) is 2.14. The Bertz CT molecular complexity index is 482. The predicted octanol–water partition coefficient (Wildman–Crippen LogP) is 2.94. The summed E-state index contributed by atoms with van der Waals surface area (Å²) in [5.74, 6) is 6.31. The van der Waals surface area contributed by atoms with E-state index in [1.807, 2.05) is 24.3 Å². The van der Waals surface area contributed by atoms with E-state index in [4.69, 9.17) is 5.73 Å². The smallest absolute Gasteiger partial charge is 0.251 e. The molecule has 21 heavy (non-hydrogen) atoms. The Morgan fingerprint density at radius 1 is 1.29 bits per heavy atom. The normalized spacial score (nSPS) is 11.4. The molecule has 3 N–H and O–H groups in total. The van der Waals surface area contributed by atoms with Crippen molar-refractivity contribution in [2.45, 2.75) is 39.5 Å². The van der Waals surface area contributed by atoms with Crippen molar-refractivity contribution in [1.29, 1.82) is 0 Å². The van der Waals surface area contributed by atoms with Gasteiger partial charge in [0, 0.05) is 17.7 Å². The van der Waals surface area contributed by atoms with Crippen LogP contribution in [0, 0.1) is 17.8 Å².